The summed E-state index contributed by atoms with van der Waals surface area (Å²) in [5, 5.41) is 5.68. The number of nitrogens with one attached hydrogen (secondary N) is 2. The fraction of sp³-hybridized carbons (Fsp3) is 0.391. The number of carbonyl (C=O) groups is 2. The van der Waals surface area contributed by atoms with Crippen LogP contribution in [0.2, 0.25) is 0 Å². The molecule has 2 amide bonds. The Hall–Kier alpha value is -2.86. The molecule has 0 aliphatic carbocycles. The minimum absolute atomic E-state index is 0.0587. The van der Waals surface area contributed by atoms with Crippen molar-refractivity contribution in [2.24, 2.45) is 11.7 Å². The average molecular weight is 398 g/mol. The molecule has 2 aromatic carbocycles. The van der Waals surface area contributed by atoms with Gasteiger partial charge in [0.25, 0.3) is 5.91 Å². The lowest BCUT2D eigenvalue weighted by atomic mass is 9.99. The van der Waals surface area contributed by atoms with E-state index >= 15 is 0 Å². The summed E-state index contributed by atoms with van der Waals surface area (Å²) in [6, 6.07) is 14.6. The fourth-order valence-corrected chi connectivity index (χ4v) is 2.70. The summed E-state index contributed by atoms with van der Waals surface area (Å²) >= 11 is 0. The topological polar surface area (TPSA) is 93.5 Å². The molecule has 0 saturated heterocycles. The Morgan fingerprint density at radius 3 is 2.34 bits per heavy atom. The molecule has 0 spiro atoms. The van der Waals surface area contributed by atoms with Gasteiger partial charge in [0, 0.05) is 12.2 Å². The van der Waals surface area contributed by atoms with Gasteiger partial charge in [-0.25, -0.2) is 0 Å². The number of benzene rings is 2. The first-order valence-corrected chi connectivity index (χ1v) is 10.0. The molecule has 0 bridgehead atoms. The van der Waals surface area contributed by atoms with Crippen molar-refractivity contribution in [2.45, 2.75) is 39.7 Å². The molecule has 4 N–H and O–H groups in total. The van der Waals surface area contributed by atoms with Gasteiger partial charge >= 0.3 is 0 Å². The molecule has 2 atom stereocenters. The van der Waals surface area contributed by atoms with E-state index in [1.807, 2.05) is 69.3 Å². The van der Waals surface area contributed by atoms with Gasteiger partial charge in [0.15, 0.2) is 6.61 Å². The maximum Gasteiger partial charge on any atom is 0.262 e. The first-order chi connectivity index (χ1) is 13.9. The van der Waals surface area contributed by atoms with Crippen LogP contribution in [0.25, 0.3) is 0 Å². The van der Waals surface area contributed by atoms with Crippen LogP contribution in [0.5, 0.6) is 5.75 Å². The number of rotatable bonds is 10. The zero-order valence-corrected chi connectivity index (χ0v) is 17.4. The predicted molar refractivity (Wildman–Crippen MR) is 116 cm³/mol. The second kappa shape index (κ2) is 11.2. The van der Waals surface area contributed by atoms with Crippen molar-refractivity contribution in [3.8, 4) is 5.75 Å². The van der Waals surface area contributed by atoms with Gasteiger partial charge in [0.2, 0.25) is 5.91 Å². The second-order valence-electron chi connectivity index (χ2n) is 7.30. The molecule has 0 radical (unpaired) electrons. The van der Waals surface area contributed by atoms with Crippen molar-refractivity contribution in [1.29, 1.82) is 0 Å². The van der Waals surface area contributed by atoms with Crippen molar-refractivity contribution in [2.75, 3.05) is 18.5 Å². The number of amides is 2. The van der Waals surface area contributed by atoms with Crippen molar-refractivity contribution in [1.82, 2.24) is 5.32 Å². The SMILES string of the molecule is CCC(C)C(N)C(=O)NCCc1ccc(OCC(=O)Nc2ccc(C)cc2)cc1. The molecular formula is C23H31N3O3. The average Bonchev–Trinajstić information content (AvgIpc) is 2.73. The third-order valence-corrected chi connectivity index (χ3v) is 4.90. The number of ether oxygens (including phenoxy) is 1. The van der Waals surface area contributed by atoms with Crippen molar-refractivity contribution in [3.05, 3.63) is 59.7 Å². The van der Waals surface area contributed by atoms with Crippen molar-refractivity contribution < 1.29 is 14.3 Å². The van der Waals surface area contributed by atoms with Gasteiger partial charge in [0.1, 0.15) is 5.75 Å². The van der Waals surface area contributed by atoms with Crippen molar-refractivity contribution >= 4 is 17.5 Å². The molecule has 0 aliphatic rings. The molecule has 6 heteroatoms. The van der Waals surface area contributed by atoms with Crippen LogP contribution in [-0.4, -0.2) is 31.0 Å². The summed E-state index contributed by atoms with van der Waals surface area (Å²) in [6.45, 7) is 6.46. The van der Waals surface area contributed by atoms with Crippen LogP contribution in [0.1, 0.15) is 31.4 Å². The van der Waals surface area contributed by atoms with Gasteiger partial charge in [-0.3, -0.25) is 9.59 Å². The number of hydrogen-bond acceptors (Lipinski definition) is 4. The van der Waals surface area contributed by atoms with Gasteiger partial charge in [0.05, 0.1) is 6.04 Å². The highest BCUT2D eigenvalue weighted by Gasteiger charge is 2.18. The zero-order chi connectivity index (χ0) is 21.2. The van der Waals surface area contributed by atoms with Gasteiger partial charge in [-0.2, -0.15) is 0 Å². The molecule has 2 rings (SSSR count). The molecule has 156 valence electrons. The summed E-state index contributed by atoms with van der Waals surface area (Å²) in [5.41, 5.74) is 8.87. The third-order valence-electron chi connectivity index (χ3n) is 4.90. The molecule has 0 saturated carbocycles. The van der Waals surface area contributed by atoms with E-state index in [1.165, 1.54) is 0 Å². The Kier molecular flexibility index (Phi) is 8.68. The quantitative estimate of drug-likeness (QED) is 0.574. The normalized spacial score (nSPS) is 12.7. The van der Waals surface area contributed by atoms with Crippen LogP contribution in [0.3, 0.4) is 0 Å². The first kappa shape index (κ1) is 22.4. The Balaban J connectivity index is 1.72. The number of nitrogens with two attached hydrogens (primary N) is 1. The lowest BCUT2D eigenvalue weighted by molar-refractivity contribution is -0.123. The van der Waals surface area contributed by atoms with E-state index in [9.17, 15) is 9.59 Å². The molecule has 0 fully saturated rings. The fourth-order valence-electron chi connectivity index (χ4n) is 2.70. The molecule has 2 unspecified atom stereocenters. The molecule has 0 aromatic heterocycles. The first-order valence-electron chi connectivity index (χ1n) is 10.0. The molecular weight excluding hydrogens is 366 g/mol. The van der Waals surface area contributed by atoms with E-state index < -0.39 is 6.04 Å². The smallest absolute Gasteiger partial charge is 0.262 e. The molecule has 2 aromatic rings. The van der Waals surface area contributed by atoms with Crippen LogP contribution in [-0.2, 0) is 16.0 Å². The van der Waals surface area contributed by atoms with Crippen LogP contribution < -0.4 is 21.1 Å². The summed E-state index contributed by atoms with van der Waals surface area (Å²) < 4.78 is 5.53. The maximum atomic E-state index is 12.0. The highest BCUT2D eigenvalue weighted by molar-refractivity contribution is 5.91. The van der Waals surface area contributed by atoms with E-state index in [0.29, 0.717) is 18.7 Å². The second-order valence-corrected chi connectivity index (χ2v) is 7.30. The summed E-state index contributed by atoms with van der Waals surface area (Å²) in [4.78, 5) is 24.0. The Bertz CT molecular complexity index is 788. The Morgan fingerprint density at radius 1 is 1.07 bits per heavy atom. The lowest BCUT2D eigenvalue weighted by Gasteiger charge is -2.17. The van der Waals surface area contributed by atoms with Crippen LogP contribution >= 0.6 is 0 Å². The van der Waals surface area contributed by atoms with Crippen LogP contribution in [0.15, 0.2) is 48.5 Å². The van der Waals surface area contributed by atoms with Gasteiger partial charge < -0.3 is 21.1 Å². The van der Waals surface area contributed by atoms with Crippen LogP contribution in [0.4, 0.5) is 5.69 Å². The summed E-state index contributed by atoms with van der Waals surface area (Å²) in [7, 11) is 0. The van der Waals surface area contributed by atoms with Gasteiger partial charge in [-0.1, -0.05) is 50.1 Å². The highest BCUT2D eigenvalue weighted by Crippen LogP contribution is 2.13. The van der Waals surface area contributed by atoms with Gasteiger partial charge in [-0.05, 0) is 49.1 Å². The number of aryl methyl sites for hydroxylation is 1. The zero-order valence-electron chi connectivity index (χ0n) is 17.4. The number of carbonyl (C=O) groups excluding carboxylic acids is 2. The monoisotopic (exact) mass is 397 g/mol. The largest absolute Gasteiger partial charge is 0.484 e. The third kappa shape index (κ3) is 7.58. The molecule has 0 heterocycles. The highest BCUT2D eigenvalue weighted by atomic mass is 16.5. The minimum Gasteiger partial charge on any atom is -0.484 e. The van der Waals surface area contributed by atoms with Gasteiger partial charge in [-0.15, -0.1) is 0 Å². The minimum atomic E-state index is -0.471. The predicted octanol–water partition coefficient (Wildman–Crippen LogP) is 3.04. The van der Waals surface area contributed by atoms with E-state index in [2.05, 4.69) is 10.6 Å². The maximum absolute atomic E-state index is 12.0. The Morgan fingerprint density at radius 2 is 1.72 bits per heavy atom. The Labute approximate surface area is 172 Å². The molecule has 29 heavy (non-hydrogen) atoms. The van der Waals surface area contributed by atoms with E-state index in [0.717, 1.165) is 23.2 Å². The standard InChI is InChI=1S/C23H31N3O3/c1-4-17(3)22(24)23(28)25-14-13-18-7-11-20(12-8-18)29-15-21(27)26-19-9-5-16(2)6-10-19/h5-12,17,22H,4,13-15,24H2,1-3H3,(H,25,28)(H,26,27). The van der Waals surface area contributed by atoms with E-state index in [4.69, 9.17) is 10.5 Å². The van der Waals surface area contributed by atoms with E-state index in [-0.39, 0.29) is 24.3 Å². The number of hydrogen-bond donors (Lipinski definition) is 3. The number of anilines is 1. The summed E-state index contributed by atoms with van der Waals surface area (Å²) in [6.07, 6.45) is 1.58. The van der Waals surface area contributed by atoms with Crippen LogP contribution in [0, 0.1) is 12.8 Å². The van der Waals surface area contributed by atoms with E-state index in [1.54, 1.807) is 0 Å². The van der Waals surface area contributed by atoms with Crippen molar-refractivity contribution in [3.63, 3.8) is 0 Å². The lowest BCUT2D eigenvalue weighted by Crippen LogP contribution is -2.45. The molecule has 0 aliphatic heterocycles. The summed E-state index contributed by atoms with van der Waals surface area (Å²) in [5.74, 6) is 0.461. The molecule has 6 nitrogen and oxygen atoms in total.